The van der Waals surface area contributed by atoms with Gasteiger partial charge < -0.3 is 4.90 Å². The number of aryl methyl sites for hydroxylation is 4. The van der Waals surface area contributed by atoms with Gasteiger partial charge >= 0.3 is 0 Å². The van der Waals surface area contributed by atoms with Gasteiger partial charge in [-0.3, -0.25) is 18.4 Å². The molecule has 0 saturated carbocycles. The molecule has 4 aromatic rings. The van der Waals surface area contributed by atoms with Gasteiger partial charge in [-0.05, 0) is 123 Å². The molecule has 61 heavy (non-hydrogen) atoms. The molecule has 0 radical (unpaired) electrons. The van der Waals surface area contributed by atoms with E-state index < -0.39 is 47.3 Å². The van der Waals surface area contributed by atoms with E-state index in [1.807, 2.05) is 58.1 Å². The van der Waals surface area contributed by atoms with Gasteiger partial charge in [0.15, 0.2) is 0 Å². The summed E-state index contributed by atoms with van der Waals surface area (Å²) in [4.78, 5) is 1.38. The first-order valence-electron chi connectivity index (χ1n) is 19.2. The summed E-state index contributed by atoms with van der Waals surface area (Å²) in [5, 5.41) is 5.64. The lowest BCUT2D eigenvalue weighted by molar-refractivity contribution is -0.440. The van der Waals surface area contributed by atoms with Gasteiger partial charge in [-0.25, -0.2) is 17.8 Å². The highest BCUT2D eigenvalue weighted by Crippen LogP contribution is 2.40. The number of nitrogens with two attached hydrogens (primary N) is 1. The van der Waals surface area contributed by atoms with Gasteiger partial charge in [-0.1, -0.05) is 43.3 Å². The van der Waals surface area contributed by atoms with Crippen molar-refractivity contribution in [2.24, 2.45) is 5.14 Å². The summed E-state index contributed by atoms with van der Waals surface area (Å²) in [5.41, 5.74) is 9.13. The summed E-state index contributed by atoms with van der Waals surface area (Å²) in [7, 11) is -13.2. The smallest absolute Gasteiger partial charge is 0.295 e. The molecule has 0 aliphatic heterocycles. The Kier molecular flexibility index (Phi) is 14.5. The van der Waals surface area contributed by atoms with Crippen molar-refractivity contribution in [3.8, 4) is 0 Å². The lowest BCUT2D eigenvalue weighted by Crippen LogP contribution is -2.24. The van der Waals surface area contributed by atoms with E-state index in [0.29, 0.717) is 57.0 Å². The van der Waals surface area contributed by atoms with Crippen LogP contribution in [0.25, 0.3) is 5.57 Å². The molecule has 0 aromatic heterocycles. The molecule has 5 rings (SSSR count). The quantitative estimate of drug-likeness (QED) is 0.0446. The van der Waals surface area contributed by atoms with Gasteiger partial charge in [-0.15, -0.1) is 0 Å². The van der Waals surface area contributed by atoms with Crippen LogP contribution in [0.2, 0.25) is 0 Å². The van der Waals surface area contributed by atoms with Gasteiger partial charge in [0.2, 0.25) is 21.4 Å². The molecule has 0 heterocycles. The minimum atomic E-state index is -4.71. The molecule has 4 aromatic carbocycles. The first kappa shape index (κ1) is 47.3. The van der Waals surface area contributed by atoms with Crippen LogP contribution in [-0.2, 0) is 41.5 Å². The molecule has 0 spiro atoms. The van der Waals surface area contributed by atoms with Crippen LogP contribution in [0.15, 0.2) is 100 Å². The fourth-order valence-electron chi connectivity index (χ4n) is 8.21. The van der Waals surface area contributed by atoms with Gasteiger partial charge in [0.25, 0.3) is 31.5 Å². The number of anilines is 3. The molecule has 14 nitrogen and oxygen atoms in total. The first-order valence-corrected chi connectivity index (χ1v) is 24.9. The van der Waals surface area contributed by atoms with Crippen LogP contribution in [0.5, 0.6) is 0 Å². The molecule has 0 bridgehead atoms. The van der Waals surface area contributed by atoms with Crippen LogP contribution in [0.1, 0.15) is 64.3 Å². The largest absolute Gasteiger partial charge is 0.341 e. The van der Waals surface area contributed by atoms with Crippen molar-refractivity contribution in [2.75, 3.05) is 28.5 Å². The molecule has 0 saturated heterocycles. The molecule has 326 valence electrons. The van der Waals surface area contributed by atoms with Crippen molar-refractivity contribution in [1.82, 2.24) is 0 Å². The molecule has 1 atom stereocenters. The molecular formula is C43H51N4O10S4+. The predicted octanol–water partition coefficient (Wildman–Crippen LogP) is 7.52. The highest BCUT2D eigenvalue weighted by Gasteiger charge is 2.27. The van der Waals surface area contributed by atoms with E-state index in [-0.39, 0.29) is 28.3 Å². The van der Waals surface area contributed by atoms with Crippen molar-refractivity contribution in [3.63, 3.8) is 0 Å². The Bertz CT molecular complexity index is 2870. The fourth-order valence-corrected chi connectivity index (χ4v) is 10.9. The maximum atomic E-state index is 12.8. The zero-order valence-corrected chi connectivity index (χ0v) is 38.2. The number of hydrogen-bond donors (Lipinski definition) is 5. The number of benzene rings is 4. The third kappa shape index (κ3) is 10.8. The van der Waals surface area contributed by atoms with E-state index >= 15 is 0 Å². The van der Waals surface area contributed by atoms with E-state index in [2.05, 4.69) is 9.30 Å². The zero-order valence-electron chi connectivity index (χ0n) is 34.9. The van der Waals surface area contributed by atoms with Gasteiger partial charge in [0, 0.05) is 53.2 Å². The Labute approximate surface area is 361 Å². The van der Waals surface area contributed by atoms with Gasteiger partial charge in [-0.2, -0.15) is 21.4 Å². The molecule has 1 aliphatic rings. The summed E-state index contributed by atoms with van der Waals surface area (Å²) in [6.07, 6.45) is 8.24. The van der Waals surface area contributed by atoms with Crippen LogP contribution < -0.4 is 14.8 Å². The number of primary sulfonamides is 1. The second-order valence-electron chi connectivity index (χ2n) is 15.0. The lowest BCUT2D eigenvalue weighted by Gasteiger charge is -2.30. The van der Waals surface area contributed by atoms with Crippen molar-refractivity contribution < 1.29 is 47.7 Å². The molecule has 0 fully saturated rings. The van der Waals surface area contributed by atoms with Crippen LogP contribution in [0.4, 0.5) is 22.7 Å². The standard InChI is InChI=1S/C43H50N4O10S4/c1-8-22-46(41-28(3)25-27(2)40(31(41)6)45-58(48)49)35-18-14-33(15-19-35)39(37-12-9-10-13-38(37)61(55,56)57)34-16-20-36(21-17-34)47(23-11-24-59(50,51)52)42-29(4)26-30(5)43(32(42)7)60(44,53)54/h9-10,12-21,25-26,45H,8,11,22-24H2,1-7H3,(H4-,44,48,49,50,51,52,53,54,55,56,57)/p+1. The van der Waals surface area contributed by atoms with E-state index in [1.54, 1.807) is 68.1 Å². The average Bonchev–Trinajstić information content (AvgIpc) is 3.15. The van der Waals surface area contributed by atoms with E-state index in [4.69, 9.17) is 5.14 Å². The normalized spacial score (nSPS) is 13.7. The van der Waals surface area contributed by atoms with Crippen molar-refractivity contribution >= 4 is 75.6 Å². The second kappa shape index (κ2) is 18.7. The number of rotatable bonds is 15. The first-order chi connectivity index (χ1) is 28.4. The number of sulfonamides is 1. The van der Waals surface area contributed by atoms with Crippen LogP contribution in [0, 0.1) is 41.5 Å². The number of allylic oxidation sites excluding steroid dienone is 5. The minimum Gasteiger partial charge on any atom is -0.341 e. The van der Waals surface area contributed by atoms with Crippen molar-refractivity contribution in [1.29, 1.82) is 0 Å². The van der Waals surface area contributed by atoms with E-state index in [1.165, 1.54) is 12.1 Å². The second-order valence-corrected chi connectivity index (χ2v) is 20.1. The summed E-state index contributed by atoms with van der Waals surface area (Å²) >= 11 is -2.29. The Morgan fingerprint density at radius 3 is 1.97 bits per heavy atom. The third-order valence-electron chi connectivity index (χ3n) is 10.4. The average molecular weight is 912 g/mol. The zero-order chi connectivity index (χ0) is 45.2. The molecule has 6 N–H and O–H groups in total. The third-order valence-corrected chi connectivity index (χ3v) is 13.7. The highest BCUT2D eigenvalue weighted by molar-refractivity contribution is 7.89. The summed E-state index contributed by atoms with van der Waals surface area (Å²) in [6.45, 7) is 13.5. The SMILES string of the molecule is CCC[N+](=C1C=CC(=C(c2ccc(N(CCCS(=O)(=O)O)c3c(C)cc(C)c(S(N)(=O)=O)c3C)cc2)c2ccccc2S(=O)(=O)O)C=C1)c1c(C)cc(C)c(NS(=O)O)c1C. The van der Waals surface area contributed by atoms with E-state index in [0.717, 1.165) is 34.5 Å². The maximum absolute atomic E-state index is 12.8. The van der Waals surface area contributed by atoms with Crippen molar-refractivity contribution in [3.05, 3.63) is 135 Å². The predicted molar refractivity (Wildman–Crippen MR) is 242 cm³/mol. The van der Waals surface area contributed by atoms with Crippen molar-refractivity contribution in [2.45, 2.75) is 71.1 Å². The summed E-state index contributed by atoms with van der Waals surface area (Å²) in [5.74, 6) is -0.547. The summed E-state index contributed by atoms with van der Waals surface area (Å²) < 4.78 is 121. The molecule has 0 amide bonds. The number of nitrogens with zero attached hydrogens (tertiary/aromatic N) is 2. The Morgan fingerprint density at radius 2 is 1.41 bits per heavy atom. The molecular weight excluding hydrogens is 861 g/mol. The monoisotopic (exact) mass is 911 g/mol. The molecule has 1 unspecified atom stereocenters. The summed E-state index contributed by atoms with van der Waals surface area (Å²) in [6, 6.07) is 16.7. The topological polar surface area (TPSA) is 224 Å². The van der Waals surface area contributed by atoms with Crippen LogP contribution in [-0.4, -0.2) is 72.3 Å². The number of nitrogens with one attached hydrogen (secondary N) is 1. The Morgan fingerprint density at radius 1 is 0.803 bits per heavy atom. The highest BCUT2D eigenvalue weighted by atomic mass is 32.2. The Hall–Kier alpha value is -4.79. The van der Waals surface area contributed by atoms with E-state index in [9.17, 15) is 43.1 Å². The van der Waals surface area contributed by atoms with Crippen LogP contribution in [0.3, 0.4) is 0 Å². The molecule has 1 aliphatic carbocycles. The molecule has 18 heteroatoms. The lowest BCUT2D eigenvalue weighted by atomic mass is 9.90. The van der Waals surface area contributed by atoms with Crippen LogP contribution >= 0.6 is 0 Å². The van der Waals surface area contributed by atoms with Gasteiger partial charge in [0.05, 0.1) is 16.3 Å². The Balaban J connectivity index is 1.73. The minimum absolute atomic E-state index is 0.0149. The maximum Gasteiger partial charge on any atom is 0.295 e. The fraction of sp³-hybridized carbons (Fsp3) is 0.279. The van der Waals surface area contributed by atoms with Gasteiger partial charge in [0.1, 0.15) is 11.4 Å². The number of hydrogen-bond acceptors (Lipinski definition) is 8.